The molecule has 4 heteroatoms. The number of hydrogen-bond donors (Lipinski definition) is 1. The lowest BCUT2D eigenvalue weighted by Gasteiger charge is -2.38. The van der Waals surface area contributed by atoms with Crippen LogP contribution in [0.1, 0.15) is 20.8 Å². The van der Waals surface area contributed by atoms with E-state index < -0.39 is 13.3 Å². The summed E-state index contributed by atoms with van der Waals surface area (Å²) in [6, 6.07) is 0. The third kappa shape index (κ3) is 3.61. The van der Waals surface area contributed by atoms with Crippen LogP contribution in [0.4, 0.5) is 0 Å². The summed E-state index contributed by atoms with van der Waals surface area (Å²) >= 11 is 0. The predicted molar refractivity (Wildman–Crippen MR) is 69.9 cm³/mol. The molecule has 0 saturated carbocycles. The number of aliphatic hydroxyl groups is 1. The Bertz CT molecular complexity index is 239. The van der Waals surface area contributed by atoms with E-state index in [1.807, 2.05) is 21.0 Å². The molecule has 1 atom stereocenters. The van der Waals surface area contributed by atoms with Crippen molar-refractivity contribution in [3.63, 3.8) is 0 Å². The van der Waals surface area contributed by atoms with Gasteiger partial charge in [0, 0.05) is 14.1 Å². The average molecular weight is 230 g/mol. The second-order valence-corrected chi connectivity index (χ2v) is 11.3. The van der Waals surface area contributed by atoms with E-state index in [9.17, 15) is 5.11 Å². The normalized spacial score (nSPS) is 17.9. The highest BCUT2D eigenvalue weighted by atomic mass is 28.3. The third-order valence-electron chi connectivity index (χ3n) is 2.81. The molecule has 0 saturated heterocycles. The van der Waals surface area contributed by atoms with Crippen LogP contribution in [-0.2, 0) is 0 Å². The maximum absolute atomic E-state index is 10.6. The van der Waals surface area contributed by atoms with Crippen LogP contribution in [0, 0.1) is 5.92 Å². The average Bonchev–Trinajstić information content (AvgIpc) is 1.96. The van der Waals surface area contributed by atoms with Gasteiger partial charge >= 0.3 is 0 Å². The van der Waals surface area contributed by atoms with E-state index >= 15 is 0 Å². The lowest BCUT2D eigenvalue weighted by molar-refractivity contribution is 0.197. The lowest BCUT2D eigenvalue weighted by Crippen LogP contribution is -2.57. The number of hydrazone groups is 1. The van der Waals surface area contributed by atoms with Crippen molar-refractivity contribution in [3.05, 3.63) is 0 Å². The number of hydrogen-bond acceptors (Lipinski definition) is 3. The summed E-state index contributed by atoms with van der Waals surface area (Å²) in [5, 5.41) is 16.1. The fraction of sp³-hybridized carbons (Fsp3) is 0.909. The van der Waals surface area contributed by atoms with Gasteiger partial charge in [-0.2, -0.15) is 5.10 Å². The van der Waals surface area contributed by atoms with Crippen LogP contribution >= 0.6 is 0 Å². The van der Waals surface area contributed by atoms with Crippen LogP contribution in [0.25, 0.3) is 0 Å². The zero-order valence-corrected chi connectivity index (χ0v) is 12.4. The first kappa shape index (κ1) is 14.6. The van der Waals surface area contributed by atoms with Gasteiger partial charge in [-0.1, -0.05) is 33.5 Å². The lowest BCUT2D eigenvalue weighted by atomic mass is 10.0. The maximum Gasteiger partial charge on any atom is 0.0905 e. The van der Waals surface area contributed by atoms with Gasteiger partial charge in [0.2, 0.25) is 0 Å². The van der Waals surface area contributed by atoms with E-state index in [1.54, 1.807) is 5.01 Å². The van der Waals surface area contributed by atoms with Gasteiger partial charge in [-0.15, -0.1) is 0 Å². The minimum absolute atomic E-state index is 0.272. The molecule has 0 aromatic rings. The van der Waals surface area contributed by atoms with Gasteiger partial charge in [-0.05, 0) is 12.8 Å². The fourth-order valence-corrected chi connectivity index (χ4v) is 2.48. The van der Waals surface area contributed by atoms with Gasteiger partial charge in [0.05, 0.1) is 19.0 Å². The first-order chi connectivity index (χ1) is 6.50. The Hall–Kier alpha value is -0.353. The monoisotopic (exact) mass is 230 g/mol. The van der Waals surface area contributed by atoms with Crippen molar-refractivity contribution < 1.29 is 5.11 Å². The molecule has 0 aromatic heterocycles. The van der Waals surface area contributed by atoms with Crippen LogP contribution < -0.4 is 0 Å². The molecule has 0 fully saturated rings. The van der Waals surface area contributed by atoms with Crippen molar-refractivity contribution in [2.75, 3.05) is 14.1 Å². The molecular formula is C11H26N2OSi. The zero-order chi connectivity index (χ0) is 12.4. The molecule has 0 aliphatic carbocycles. The minimum Gasteiger partial charge on any atom is -0.388 e. The van der Waals surface area contributed by atoms with Crippen molar-refractivity contribution in [1.82, 2.24) is 5.01 Å². The topological polar surface area (TPSA) is 35.8 Å². The van der Waals surface area contributed by atoms with Gasteiger partial charge < -0.3 is 10.1 Å². The van der Waals surface area contributed by atoms with Crippen molar-refractivity contribution in [2.24, 2.45) is 11.0 Å². The highest BCUT2D eigenvalue weighted by molar-refractivity contribution is 6.82. The van der Waals surface area contributed by atoms with E-state index in [4.69, 9.17) is 0 Å². The molecule has 0 heterocycles. The second-order valence-electron chi connectivity index (χ2n) is 5.81. The number of nitrogens with zero attached hydrogens (tertiary/aromatic N) is 2. The summed E-state index contributed by atoms with van der Waals surface area (Å²) in [6.07, 6.45) is 0. The molecule has 1 N–H and O–H groups in total. The molecule has 0 aliphatic rings. The summed E-state index contributed by atoms with van der Waals surface area (Å²) in [6.45, 7) is 12.6. The molecule has 0 rings (SSSR count). The Balaban J connectivity index is 5.28. The molecule has 90 valence electrons. The van der Waals surface area contributed by atoms with Crippen molar-refractivity contribution in [3.8, 4) is 0 Å². The Kier molecular flexibility index (Phi) is 4.55. The van der Waals surface area contributed by atoms with Gasteiger partial charge in [-0.25, -0.2) is 0 Å². The summed E-state index contributed by atoms with van der Waals surface area (Å²) in [4.78, 5) is 0. The summed E-state index contributed by atoms with van der Waals surface area (Å²) in [7, 11) is 2.10. The molecule has 0 spiro atoms. The standard InChI is InChI=1S/C11H26N2OSi/c1-9(2)10(12-13(4)5)11(3,14)15(6,7)8/h9,14H,1-8H3/b12-10+. The van der Waals surface area contributed by atoms with Crippen molar-refractivity contribution in [1.29, 1.82) is 0 Å². The van der Waals surface area contributed by atoms with Gasteiger partial charge in [0.1, 0.15) is 0 Å². The fourth-order valence-electron chi connectivity index (χ4n) is 1.37. The Morgan fingerprint density at radius 1 is 1.27 bits per heavy atom. The Morgan fingerprint density at radius 3 is 1.87 bits per heavy atom. The molecule has 0 amide bonds. The van der Waals surface area contributed by atoms with E-state index in [1.165, 1.54) is 0 Å². The SMILES string of the molecule is CC(C)/C(=N\N(C)C)C(C)(O)[Si](C)(C)C. The first-order valence-electron chi connectivity index (χ1n) is 5.49. The van der Waals surface area contributed by atoms with E-state index in [0.29, 0.717) is 0 Å². The molecule has 3 nitrogen and oxygen atoms in total. The molecule has 0 aliphatic heterocycles. The molecule has 0 aromatic carbocycles. The van der Waals surface area contributed by atoms with E-state index in [2.05, 4.69) is 38.6 Å². The summed E-state index contributed by atoms with van der Waals surface area (Å²) in [5.41, 5.74) is 0.895. The molecule has 0 bridgehead atoms. The zero-order valence-electron chi connectivity index (χ0n) is 11.4. The molecule has 1 unspecified atom stereocenters. The smallest absolute Gasteiger partial charge is 0.0905 e. The van der Waals surface area contributed by atoms with Crippen LogP contribution in [0.2, 0.25) is 19.6 Å². The van der Waals surface area contributed by atoms with Gasteiger partial charge in [-0.3, -0.25) is 0 Å². The van der Waals surface area contributed by atoms with Crippen molar-refractivity contribution in [2.45, 2.75) is 45.6 Å². The Morgan fingerprint density at radius 2 is 1.67 bits per heavy atom. The highest BCUT2D eigenvalue weighted by Gasteiger charge is 2.42. The van der Waals surface area contributed by atoms with Gasteiger partial charge in [0.25, 0.3) is 0 Å². The second kappa shape index (κ2) is 4.66. The first-order valence-corrected chi connectivity index (χ1v) is 8.99. The van der Waals surface area contributed by atoms with Crippen LogP contribution in [0.15, 0.2) is 5.10 Å². The Labute approximate surface area is 95.2 Å². The molecule has 0 radical (unpaired) electrons. The maximum atomic E-state index is 10.6. The highest BCUT2D eigenvalue weighted by Crippen LogP contribution is 2.25. The predicted octanol–water partition coefficient (Wildman–Crippen LogP) is 2.19. The summed E-state index contributed by atoms with van der Waals surface area (Å²) in [5.74, 6) is 0.272. The van der Waals surface area contributed by atoms with E-state index in [0.717, 1.165) is 5.71 Å². The van der Waals surface area contributed by atoms with Crippen LogP contribution in [0.3, 0.4) is 0 Å². The van der Waals surface area contributed by atoms with Gasteiger partial charge in [0.15, 0.2) is 0 Å². The van der Waals surface area contributed by atoms with Crippen LogP contribution in [-0.4, -0.2) is 43.2 Å². The third-order valence-corrected chi connectivity index (χ3v) is 5.99. The summed E-state index contributed by atoms with van der Waals surface area (Å²) < 4.78 is 0. The minimum atomic E-state index is -1.68. The number of rotatable bonds is 4. The quantitative estimate of drug-likeness (QED) is 0.456. The van der Waals surface area contributed by atoms with Crippen molar-refractivity contribution >= 4 is 13.8 Å². The van der Waals surface area contributed by atoms with Crippen LogP contribution in [0.5, 0.6) is 0 Å². The largest absolute Gasteiger partial charge is 0.388 e. The molecular weight excluding hydrogens is 204 g/mol. The van der Waals surface area contributed by atoms with E-state index in [-0.39, 0.29) is 5.92 Å². The molecule has 15 heavy (non-hydrogen) atoms.